The standard InChI is InChI=1S/C22H23N3O2/c1-26-19-9-5-6-17(14-19)15-20-16-25(12-13-27-20)22-11-10-21(23-24-22)18-7-3-2-4-8-18/h2-11,14,20H,12-13,15-16H2,1H3/t20-/m0/s1. The lowest BCUT2D eigenvalue weighted by Crippen LogP contribution is -2.43. The van der Waals surface area contributed by atoms with Crippen LogP contribution >= 0.6 is 0 Å². The van der Waals surface area contributed by atoms with E-state index in [4.69, 9.17) is 9.47 Å². The number of methoxy groups -OCH3 is 1. The number of nitrogens with zero attached hydrogens (tertiary/aromatic N) is 3. The summed E-state index contributed by atoms with van der Waals surface area (Å²) in [6.45, 7) is 2.32. The highest BCUT2D eigenvalue weighted by atomic mass is 16.5. The van der Waals surface area contributed by atoms with Crippen molar-refractivity contribution in [2.45, 2.75) is 12.5 Å². The number of rotatable bonds is 5. The van der Waals surface area contributed by atoms with Crippen LogP contribution in [0.3, 0.4) is 0 Å². The van der Waals surface area contributed by atoms with E-state index in [1.165, 1.54) is 5.56 Å². The lowest BCUT2D eigenvalue weighted by Gasteiger charge is -2.33. The van der Waals surface area contributed by atoms with Gasteiger partial charge in [0.05, 0.1) is 25.5 Å². The first-order valence-corrected chi connectivity index (χ1v) is 9.20. The summed E-state index contributed by atoms with van der Waals surface area (Å²) in [6, 6.07) is 22.3. The average molecular weight is 361 g/mol. The Morgan fingerprint density at radius 2 is 1.93 bits per heavy atom. The van der Waals surface area contributed by atoms with Crippen LogP contribution in [0.25, 0.3) is 11.3 Å². The minimum absolute atomic E-state index is 0.126. The Bertz CT molecular complexity index is 868. The first-order chi connectivity index (χ1) is 13.3. The Kier molecular flexibility index (Phi) is 5.30. The molecular weight excluding hydrogens is 338 g/mol. The molecule has 5 heteroatoms. The molecule has 0 radical (unpaired) electrons. The first-order valence-electron chi connectivity index (χ1n) is 9.20. The molecule has 0 amide bonds. The molecule has 2 aromatic carbocycles. The van der Waals surface area contributed by atoms with Gasteiger partial charge in [0.15, 0.2) is 5.82 Å². The number of aromatic nitrogens is 2. The van der Waals surface area contributed by atoms with E-state index in [1.807, 2.05) is 54.6 Å². The van der Waals surface area contributed by atoms with Gasteiger partial charge < -0.3 is 14.4 Å². The fraction of sp³-hybridized carbons (Fsp3) is 0.273. The maximum Gasteiger partial charge on any atom is 0.151 e. The van der Waals surface area contributed by atoms with Crippen LogP contribution in [0.2, 0.25) is 0 Å². The molecule has 4 rings (SSSR count). The molecule has 0 bridgehead atoms. The molecule has 1 aliphatic heterocycles. The highest BCUT2D eigenvalue weighted by molar-refractivity contribution is 5.59. The van der Waals surface area contributed by atoms with Gasteiger partial charge in [0, 0.05) is 25.1 Å². The van der Waals surface area contributed by atoms with Gasteiger partial charge in [-0.15, -0.1) is 10.2 Å². The summed E-state index contributed by atoms with van der Waals surface area (Å²) in [5.41, 5.74) is 3.18. The zero-order valence-corrected chi connectivity index (χ0v) is 15.4. The molecule has 5 nitrogen and oxygen atoms in total. The number of hydrogen-bond donors (Lipinski definition) is 0. The fourth-order valence-corrected chi connectivity index (χ4v) is 3.37. The molecule has 1 aliphatic rings. The number of anilines is 1. The maximum absolute atomic E-state index is 5.97. The van der Waals surface area contributed by atoms with Gasteiger partial charge in [0.25, 0.3) is 0 Å². The molecule has 0 N–H and O–H groups in total. The van der Waals surface area contributed by atoms with Crippen LogP contribution in [-0.4, -0.2) is 43.1 Å². The Morgan fingerprint density at radius 3 is 2.70 bits per heavy atom. The lowest BCUT2D eigenvalue weighted by molar-refractivity contribution is 0.0407. The van der Waals surface area contributed by atoms with Crippen molar-refractivity contribution in [3.8, 4) is 17.0 Å². The van der Waals surface area contributed by atoms with Gasteiger partial charge in [-0.3, -0.25) is 0 Å². The Balaban J connectivity index is 1.43. The lowest BCUT2D eigenvalue weighted by atomic mass is 10.1. The summed E-state index contributed by atoms with van der Waals surface area (Å²) in [7, 11) is 1.69. The topological polar surface area (TPSA) is 47.5 Å². The van der Waals surface area contributed by atoms with Gasteiger partial charge in [-0.05, 0) is 29.8 Å². The fourth-order valence-electron chi connectivity index (χ4n) is 3.37. The molecule has 0 saturated carbocycles. The molecule has 1 aromatic heterocycles. The van der Waals surface area contributed by atoms with Crippen LogP contribution in [0.15, 0.2) is 66.7 Å². The van der Waals surface area contributed by atoms with E-state index in [9.17, 15) is 0 Å². The van der Waals surface area contributed by atoms with Crippen LogP contribution in [0, 0.1) is 0 Å². The normalized spacial score (nSPS) is 16.9. The van der Waals surface area contributed by atoms with E-state index in [2.05, 4.69) is 27.2 Å². The molecule has 3 aromatic rings. The van der Waals surface area contributed by atoms with Gasteiger partial charge >= 0.3 is 0 Å². The van der Waals surface area contributed by atoms with Crippen LogP contribution in [0.5, 0.6) is 5.75 Å². The van der Waals surface area contributed by atoms with Crippen molar-refractivity contribution in [2.24, 2.45) is 0 Å². The SMILES string of the molecule is COc1cccc(C[C@H]2CN(c3ccc(-c4ccccc4)nn3)CCO2)c1. The third kappa shape index (κ3) is 4.26. The third-order valence-electron chi connectivity index (χ3n) is 4.78. The highest BCUT2D eigenvalue weighted by Crippen LogP contribution is 2.21. The van der Waals surface area contributed by atoms with Gasteiger partial charge in [-0.2, -0.15) is 0 Å². The summed E-state index contributed by atoms with van der Waals surface area (Å²) < 4.78 is 11.3. The van der Waals surface area contributed by atoms with Gasteiger partial charge in [-0.1, -0.05) is 42.5 Å². The van der Waals surface area contributed by atoms with E-state index in [0.717, 1.165) is 42.3 Å². The van der Waals surface area contributed by atoms with Crippen molar-refractivity contribution in [2.75, 3.05) is 31.7 Å². The van der Waals surface area contributed by atoms with Crippen molar-refractivity contribution in [3.05, 3.63) is 72.3 Å². The minimum atomic E-state index is 0.126. The van der Waals surface area contributed by atoms with E-state index in [0.29, 0.717) is 6.61 Å². The average Bonchev–Trinajstić information content (AvgIpc) is 2.75. The largest absolute Gasteiger partial charge is 0.497 e. The number of ether oxygens (including phenoxy) is 2. The zero-order chi connectivity index (χ0) is 18.5. The van der Waals surface area contributed by atoms with Crippen LogP contribution in [-0.2, 0) is 11.2 Å². The number of morpholine rings is 1. The van der Waals surface area contributed by atoms with Crippen molar-refractivity contribution < 1.29 is 9.47 Å². The molecule has 27 heavy (non-hydrogen) atoms. The van der Waals surface area contributed by atoms with Gasteiger partial charge in [-0.25, -0.2) is 0 Å². The van der Waals surface area contributed by atoms with Crippen LogP contribution in [0.4, 0.5) is 5.82 Å². The zero-order valence-electron chi connectivity index (χ0n) is 15.4. The molecule has 1 fully saturated rings. The van der Waals surface area contributed by atoms with Crippen molar-refractivity contribution >= 4 is 5.82 Å². The second-order valence-electron chi connectivity index (χ2n) is 6.64. The molecule has 0 unspecified atom stereocenters. The number of hydrogen-bond acceptors (Lipinski definition) is 5. The maximum atomic E-state index is 5.97. The predicted octanol–water partition coefficient (Wildman–Crippen LogP) is 3.60. The number of benzene rings is 2. The molecular formula is C22H23N3O2. The summed E-state index contributed by atoms with van der Waals surface area (Å²) in [5, 5.41) is 8.85. The summed E-state index contributed by atoms with van der Waals surface area (Å²) in [6.07, 6.45) is 0.977. The van der Waals surface area contributed by atoms with E-state index >= 15 is 0 Å². The van der Waals surface area contributed by atoms with Crippen LogP contribution in [0.1, 0.15) is 5.56 Å². The van der Waals surface area contributed by atoms with E-state index in [1.54, 1.807) is 7.11 Å². The summed E-state index contributed by atoms with van der Waals surface area (Å²) >= 11 is 0. The summed E-state index contributed by atoms with van der Waals surface area (Å²) in [5.74, 6) is 1.77. The third-order valence-corrected chi connectivity index (χ3v) is 4.78. The van der Waals surface area contributed by atoms with E-state index < -0.39 is 0 Å². The molecule has 1 atom stereocenters. The van der Waals surface area contributed by atoms with E-state index in [-0.39, 0.29) is 6.10 Å². The second kappa shape index (κ2) is 8.18. The summed E-state index contributed by atoms with van der Waals surface area (Å²) in [4.78, 5) is 2.25. The predicted molar refractivity (Wildman–Crippen MR) is 106 cm³/mol. The van der Waals surface area contributed by atoms with Crippen molar-refractivity contribution in [1.29, 1.82) is 0 Å². The first kappa shape index (κ1) is 17.5. The molecule has 1 saturated heterocycles. The Labute approximate surface area is 159 Å². The van der Waals surface area contributed by atoms with Gasteiger partial charge in [0.2, 0.25) is 0 Å². The molecule has 2 heterocycles. The smallest absolute Gasteiger partial charge is 0.151 e. The quantitative estimate of drug-likeness (QED) is 0.695. The van der Waals surface area contributed by atoms with Crippen molar-refractivity contribution in [3.63, 3.8) is 0 Å². The van der Waals surface area contributed by atoms with Gasteiger partial charge in [0.1, 0.15) is 5.75 Å². The highest BCUT2D eigenvalue weighted by Gasteiger charge is 2.22. The molecule has 138 valence electrons. The second-order valence-corrected chi connectivity index (χ2v) is 6.64. The Hall–Kier alpha value is -2.92. The van der Waals surface area contributed by atoms with Crippen LogP contribution < -0.4 is 9.64 Å². The molecule has 0 aliphatic carbocycles. The molecule has 0 spiro atoms. The monoisotopic (exact) mass is 361 g/mol. The minimum Gasteiger partial charge on any atom is -0.497 e. The van der Waals surface area contributed by atoms with Crippen molar-refractivity contribution in [1.82, 2.24) is 10.2 Å². The Morgan fingerprint density at radius 1 is 1.04 bits per heavy atom.